The first-order valence-corrected chi connectivity index (χ1v) is 5.74. The third kappa shape index (κ3) is 3.22. The number of hydrogen-bond donors (Lipinski definition) is 2. The van der Waals surface area contributed by atoms with Crippen molar-refractivity contribution in [2.75, 3.05) is 0 Å². The van der Waals surface area contributed by atoms with E-state index in [1.807, 2.05) is 30.3 Å². The van der Waals surface area contributed by atoms with Crippen LogP contribution in [0.2, 0.25) is 0 Å². The van der Waals surface area contributed by atoms with Crippen LogP contribution in [0.1, 0.15) is 11.3 Å². The Hall–Kier alpha value is -2.56. The van der Waals surface area contributed by atoms with Crippen molar-refractivity contribution in [3.63, 3.8) is 0 Å². The van der Waals surface area contributed by atoms with Crippen molar-refractivity contribution in [2.45, 2.75) is 13.0 Å². The van der Waals surface area contributed by atoms with E-state index in [0.717, 1.165) is 11.6 Å². The van der Waals surface area contributed by atoms with Crippen molar-refractivity contribution in [1.29, 1.82) is 0 Å². The Bertz CT molecular complexity index is 646. The third-order valence-corrected chi connectivity index (χ3v) is 2.73. The van der Waals surface area contributed by atoms with Gasteiger partial charge in [-0.25, -0.2) is 0 Å². The first kappa shape index (κ1) is 12.9. The third-order valence-electron chi connectivity index (χ3n) is 2.73. The summed E-state index contributed by atoms with van der Waals surface area (Å²) < 4.78 is 1.57. The quantitative estimate of drug-likeness (QED) is 0.865. The van der Waals surface area contributed by atoms with Crippen LogP contribution in [-0.2, 0) is 17.8 Å². The molecule has 1 aromatic carbocycles. The van der Waals surface area contributed by atoms with E-state index in [-0.39, 0.29) is 12.2 Å². The van der Waals surface area contributed by atoms with Crippen molar-refractivity contribution in [1.82, 2.24) is 4.57 Å². The summed E-state index contributed by atoms with van der Waals surface area (Å²) in [5.74, 6) is -1.41. The zero-order valence-electron chi connectivity index (χ0n) is 10.1. The van der Waals surface area contributed by atoms with E-state index >= 15 is 0 Å². The van der Waals surface area contributed by atoms with Crippen LogP contribution in [0, 0.1) is 0 Å². The van der Waals surface area contributed by atoms with Gasteiger partial charge in [0.25, 0.3) is 0 Å². The monoisotopic (exact) mass is 259 g/mol. The maximum atomic E-state index is 11.4. The van der Waals surface area contributed by atoms with E-state index in [1.165, 1.54) is 6.20 Å². The van der Waals surface area contributed by atoms with Gasteiger partial charge in [0, 0.05) is 18.3 Å². The molecule has 0 aliphatic carbocycles. The molecular formula is C14H13NO4. The molecule has 1 heterocycles. The van der Waals surface area contributed by atoms with E-state index < -0.39 is 11.4 Å². The Morgan fingerprint density at radius 1 is 1.21 bits per heavy atom. The minimum absolute atomic E-state index is 0.262. The van der Waals surface area contributed by atoms with Crippen molar-refractivity contribution in [3.8, 4) is 5.75 Å². The fourth-order valence-electron chi connectivity index (χ4n) is 1.84. The molecule has 0 aliphatic rings. The van der Waals surface area contributed by atoms with Gasteiger partial charge < -0.3 is 14.8 Å². The minimum atomic E-state index is -1.02. The lowest BCUT2D eigenvalue weighted by Crippen LogP contribution is -2.16. The second-order valence-electron chi connectivity index (χ2n) is 4.20. The predicted molar refractivity (Wildman–Crippen MR) is 69.3 cm³/mol. The predicted octanol–water partition coefficient (Wildman–Crippen LogP) is 1.23. The molecule has 0 saturated heterocycles. The van der Waals surface area contributed by atoms with E-state index in [4.69, 9.17) is 5.11 Å². The number of benzene rings is 1. The van der Waals surface area contributed by atoms with Gasteiger partial charge in [-0.3, -0.25) is 9.59 Å². The number of carbonyl (C=O) groups is 1. The normalized spacial score (nSPS) is 10.3. The van der Waals surface area contributed by atoms with Gasteiger partial charge in [0.15, 0.2) is 5.75 Å². The molecule has 0 aliphatic heterocycles. The highest BCUT2D eigenvalue weighted by Gasteiger charge is 2.09. The summed E-state index contributed by atoms with van der Waals surface area (Å²) in [7, 11) is 0. The zero-order valence-corrected chi connectivity index (χ0v) is 10.1. The van der Waals surface area contributed by atoms with Gasteiger partial charge in [0.05, 0.1) is 12.6 Å². The molecule has 2 aromatic rings. The fourth-order valence-corrected chi connectivity index (χ4v) is 1.84. The summed E-state index contributed by atoms with van der Waals surface area (Å²) in [4.78, 5) is 22.2. The molecule has 0 atom stereocenters. The molecule has 0 spiro atoms. The van der Waals surface area contributed by atoms with Crippen molar-refractivity contribution in [3.05, 3.63) is 64.1 Å². The molecule has 98 valence electrons. The van der Waals surface area contributed by atoms with Crippen molar-refractivity contribution >= 4 is 5.97 Å². The highest BCUT2D eigenvalue weighted by atomic mass is 16.4. The molecule has 0 bridgehead atoms. The number of pyridine rings is 1. The average molecular weight is 259 g/mol. The lowest BCUT2D eigenvalue weighted by molar-refractivity contribution is -0.136. The molecule has 5 heteroatoms. The molecule has 0 amide bonds. The second-order valence-corrected chi connectivity index (χ2v) is 4.20. The lowest BCUT2D eigenvalue weighted by atomic mass is 10.2. The Morgan fingerprint density at radius 3 is 2.53 bits per heavy atom. The molecule has 5 nitrogen and oxygen atoms in total. The van der Waals surface area contributed by atoms with Gasteiger partial charge in [-0.2, -0.15) is 0 Å². The van der Waals surface area contributed by atoms with Crippen LogP contribution in [-0.4, -0.2) is 20.7 Å². The molecule has 2 rings (SSSR count). The first-order chi connectivity index (χ1) is 9.06. The number of hydrogen-bond acceptors (Lipinski definition) is 3. The number of aromatic hydroxyl groups is 1. The van der Waals surface area contributed by atoms with Crippen LogP contribution >= 0.6 is 0 Å². The number of carboxylic acids is 1. The average Bonchev–Trinajstić information content (AvgIpc) is 2.36. The topological polar surface area (TPSA) is 79.5 Å². The number of aromatic nitrogens is 1. The molecule has 1 aromatic heterocycles. The summed E-state index contributed by atoms with van der Waals surface area (Å²) in [6.45, 7) is 0.400. The van der Waals surface area contributed by atoms with Crippen LogP contribution in [0.5, 0.6) is 5.75 Å². The largest absolute Gasteiger partial charge is 0.503 e. The Balaban J connectivity index is 2.40. The SMILES string of the molecule is O=C(O)Cc1cc(=O)c(O)cn1Cc1ccccc1. The number of carboxylic acid groups (broad SMARTS) is 1. The van der Waals surface area contributed by atoms with E-state index in [2.05, 4.69) is 0 Å². The lowest BCUT2D eigenvalue weighted by Gasteiger charge is -2.12. The summed E-state index contributed by atoms with van der Waals surface area (Å²) in [6, 6.07) is 10.6. The maximum absolute atomic E-state index is 11.4. The zero-order chi connectivity index (χ0) is 13.8. The van der Waals surface area contributed by atoms with Crippen molar-refractivity contribution < 1.29 is 15.0 Å². The Kier molecular flexibility index (Phi) is 3.66. The van der Waals surface area contributed by atoms with Crippen LogP contribution in [0.3, 0.4) is 0 Å². The number of nitrogens with zero attached hydrogens (tertiary/aromatic N) is 1. The summed E-state index contributed by atoms with van der Waals surface area (Å²) >= 11 is 0. The van der Waals surface area contributed by atoms with Gasteiger partial charge in [0.2, 0.25) is 5.43 Å². The molecule has 0 radical (unpaired) electrons. The second kappa shape index (κ2) is 5.39. The van der Waals surface area contributed by atoms with Gasteiger partial charge in [-0.05, 0) is 5.56 Å². The van der Waals surface area contributed by atoms with Crippen molar-refractivity contribution in [2.24, 2.45) is 0 Å². The van der Waals surface area contributed by atoms with Gasteiger partial charge >= 0.3 is 5.97 Å². The highest BCUT2D eigenvalue weighted by Crippen LogP contribution is 2.10. The molecule has 0 fully saturated rings. The van der Waals surface area contributed by atoms with E-state index in [1.54, 1.807) is 4.57 Å². The van der Waals surface area contributed by atoms with Gasteiger partial charge in [0.1, 0.15) is 0 Å². The van der Waals surface area contributed by atoms with Crippen LogP contribution in [0.15, 0.2) is 47.4 Å². The van der Waals surface area contributed by atoms with Crippen LogP contribution in [0.4, 0.5) is 0 Å². The molecule has 0 saturated carbocycles. The summed E-state index contributed by atoms with van der Waals surface area (Å²) in [6.07, 6.45) is 1.01. The van der Waals surface area contributed by atoms with Gasteiger partial charge in [-0.1, -0.05) is 30.3 Å². The standard InChI is InChI=1S/C14H13NO4/c16-12-6-11(7-14(18)19)15(9-13(12)17)8-10-4-2-1-3-5-10/h1-6,9,17H,7-8H2,(H,18,19). The van der Waals surface area contributed by atoms with E-state index in [9.17, 15) is 14.7 Å². The summed E-state index contributed by atoms with van der Waals surface area (Å²) in [5, 5.41) is 18.3. The van der Waals surface area contributed by atoms with Gasteiger partial charge in [-0.15, -0.1) is 0 Å². The van der Waals surface area contributed by atoms with Crippen LogP contribution < -0.4 is 5.43 Å². The molecule has 2 N–H and O–H groups in total. The molecular weight excluding hydrogens is 246 g/mol. The number of aliphatic carboxylic acids is 1. The van der Waals surface area contributed by atoms with Crippen LogP contribution in [0.25, 0.3) is 0 Å². The Labute approximate surface area is 109 Å². The Morgan fingerprint density at radius 2 is 1.89 bits per heavy atom. The number of rotatable bonds is 4. The summed E-state index contributed by atoms with van der Waals surface area (Å²) in [5.41, 5.74) is 0.747. The van der Waals surface area contributed by atoms with E-state index in [0.29, 0.717) is 12.2 Å². The first-order valence-electron chi connectivity index (χ1n) is 5.74. The molecule has 0 unspecified atom stereocenters. The highest BCUT2D eigenvalue weighted by molar-refractivity contribution is 5.69. The smallest absolute Gasteiger partial charge is 0.309 e. The fraction of sp³-hybridized carbons (Fsp3) is 0.143. The molecule has 19 heavy (non-hydrogen) atoms. The maximum Gasteiger partial charge on any atom is 0.309 e. The minimum Gasteiger partial charge on any atom is -0.503 e.